The van der Waals surface area contributed by atoms with E-state index in [1.165, 1.54) is 0 Å². The SMILES string of the molecule is CCOC(=O)[C@@H]1C[C@H](NC(=O)C2CC2)CN1. The molecule has 0 spiro atoms. The van der Waals surface area contributed by atoms with Crippen molar-refractivity contribution in [3.8, 4) is 0 Å². The Morgan fingerprint density at radius 1 is 1.44 bits per heavy atom. The normalized spacial score (nSPS) is 28.8. The molecule has 90 valence electrons. The standard InChI is InChI=1S/C11H18N2O3/c1-2-16-11(15)9-5-8(6-12-9)13-10(14)7-3-4-7/h7-9,12H,2-6H2,1H3,(H,13,14)/t8-,9-/m0/s1. The molecule has 0 aromatic rings. The third-order valence-electron chi connectivity index (χ3n) is 3.00. The summed E-state index contributed by atoms with van der Waals surface area (Å²) in [6.45, 7) is 2.84. The van der Waals surface area contributed by atoms with E-state index >= 15 is 0 Å². The molecule has 5 heteroatoms. The number of hydrogen-bond acceptors (Lipinski definition) is 4. The lowest BCUT2D eigenvalue weighted by Gasteiger charge is -2.11. The van der Waals surface area contributed by atoms with Crippen LogP contribution in [0.5, 0.6) is 0 Å². The van der Waals surface area contributed by atoms with Crippen molar-refractivity contribution in [2.75, 3.05) is 13.2 Å². The molecule has 1 aliphatic heterocycles. The van der Waals surface area contributed by atoms with Crippen molar-refractivity contribution in [2.24, 2.45) is 5.92 Å². The Morgan fingerprint density at radius 3 is 2.81 bits per heavy atom. The van der Waals surface area contributed by atoms with Crippen LogP contribution in [0.25, 0.3) is 0 Å². The number of rotatable bonds is 4. The summed E-state index contributed by atoms with van der Waals surface area (Å²) in [6, 6.07) is -0.188. The molecule has 1 saturated heterocycles. The van der Waals surface area contributed by atoms with Crippen molar-refractivity contribution in [2.45, 2.75) is 38.3 Å². The smallest absolute Gasteiger partial charge is 0.323 e. The zero-order valence-electron chi connectivity index (χ0n) is 9.49. The van der Waals surface area contributed by atoms with Crippen molar-refractivity contribution in [3.63, 3.8) is 0 Å². The van der Waals surface area contributed by atoms with Gasteiger partial charge in [0, 0.05) is 18.5 Å². The van der Waals surface area contributed by atoms with E-state index in [4.69, 9.17) is 4.74 Å². The summed E-state index contributed by atoms with van der Waals surface area (Å²) in [6.07, 6.45) is 2.65. The number of carbonyl (C=O) groups is 2. The van der Waals surface area contributed by atoms with Gasteiger partial charge in [-0.15, -0.1) is 0 Å². The van der Waals surface area contributed by atoms with Crippen LogP contribution in [0, 0.1) is 5.92 Å². The van der Waals surface area contributed by atoms with Gasteiger partial charge in [0.1, 0.15) is 6.04 Å². The second-order valence-electron chi connectivity index (χ2n) is 4.43. The van der Waals surface area contributed by atoms with Gasteiger partial charge >= 0.3 is 5.97 Å². The first-order valence-electron chi connectivity index (χ1n) is 5.91. The van der Waals surface area contributed by atoms with Gasteiger partial charge in [-0.3, -0.25) is 9.59 Å². The van der Waals surface area contributed by atoms with Gasteiger partial charge in [0.15, 0.2) is 0 Å². The third-order valence-corrected chi connectivity index (χ3v) is 3.00. The van der Waals surface area contributed by atoms with Gasteiger partial charge in [0.05, 0.1) is 6.61 Å². The summed E-state index contributed by atoms with van der Waals surface area (Å²) >= 11 is 0. The van der Waals surface area contributed by atoms with Crippen molar-refractivity contribution < 1.29 is 14.3 Å². The van der Waals surface area contributed by atoms with Crippen LogP contribution in [0.1, 0.15) is 26.2 Å². The van der Waals surface area contributed by atoms with E-state index in [1.807, 2.05) is 0 Å². The van der Waals surface area contributed by atoms with Crippen molar-refractivity contribution >= 4 is 11.9 Å². The number of esters is 1. The van der Waals surface area contributed by atoms with Gasteiger partial charge in [-0.25, -0.2) is 0 Å². The molecule has 1 aliphatic carbocycles. The van der Waals surface area contributed by atoms with Gasteiger partial charge in [0.2, 0.25) is 5.91 Å². The molecule has 16 heavy (non-hydrogen) atoms. The lowest BCUT2D eigenvalue weighted by atomic mass is 10.1. The van der Waals surface area contributed by atoms with Crippen LogP contribution >= 0.6 is 0 Å². The Bertz CT molecular complexity index is 289. The first kappa shape index (κ1) is 11.4. The molecule has 0 bridgehead atoms. The van der Waals surface area contributed by atoms with Crippen molar-refractivity contribution in [1.29, 1.82) is 0 Å². The Labute approximate surface area is 94.9 Å². The van der Waals surface area contributed by atoms with Crippen LogP contribution in [-0.2, 0) is 14.3 Å². The van der Waals surface area contributed by atoms with E-state index in [0.29, 0.717) is 19.6 Å². The molecule has 2 rings (SSSR count). The predicted molar refractivity (Wildman–Crippen MR) is 57.7 cm³/mol. The van der Waals surface area contributed by atoms with Crippen LogP contribution < -0.4 is 10.6 Å². The fourth-order valence-corrected chi connectivity index (χ4v) is 1.93. The van der Waals surface area contributed by atoms with E-state index in [-0.39, 0.29) is 29.9 Å². The highest BCUT2D eigenvalue weighted by atomic mass is 16.5. The molecule has 1 heterocycles. The van der Waals surface area contributed by atoms with Gasteiger partial charge in [0.25, 0.3) is 0 Å². The second kappa shape index (κ2) is 4.82. The minimum atomic E-state index is -0.260. The predicted octanol–water partition coefficient (Wildman–Crippen LogP) is -0.194. The number of hydrogen-bond donors (Lipinski definition) is 2. The first-order valence-corrected chi connectivity index (χ1v) is 5.91. The zero-order valence-corrected chi connectivity index (χ0v) is 9.49. The highest BCUT2D eigenvalue weighted by Gasteiger charge is 2.35. The highest BCUT2D eigenvalue weighted by molar-refractivity contribution is 5.81. The van der Waals surface area contributed by atoms with Crippen molar-refractivity contribution in [3.05, 3.63) is 0 Å². The monoisotopic (exact) mass is 226 g/mol. The number of nitrogens with one attached hydrogen (secondary N) is 2. The molecule has 0 unspecified atom stereocenters. The lowest BCUT2D eigenvalue weighted by molar-refractivity contribution is -0.145. The molecular formula is C11H18N2O3. The fourth-order valence-electron chi connectivity index (χ4n) is 1.93. The highest BCUT2D eigenvalue weighted by Crippen LogP contribution is 2.29. The quantitative estimate of drug-likeness (QED) is 0.652. The zero-order chi connectivity index (χ0) is 11.5. The number of carbonyl (C=O) groups excluding carboxylic acids is 2. The third kappa shape index (κ3) is 2.72. The molecule has 0 aromatic heterocycles. The average molecular weight is 226 g/mol. The van der Waals surface area contributed by atoms with E-state index in [2.05, 4.69) is 10.6 Å². The minimum Gasteiger partial charge on any atom is -0.465 e. The van der Waals surface area contributed by atoms with E-state index < -0.39 is 0 Å². The average Bonchev–Trinajstić information content (AvgIpc) is 3.00. The lowest BCUT2D eigenvalue weighted by Crippen LogP contribution is -2.37. The summed E-state index contributed by atoms with van der Waals surface area (Å²) in [5.74, 6) is 0.142. The Kier molecular flexibility index (Phi) is 3.43. The van der Waals surface area contributed by atoms with E-state index in [0.717, 1.165) is 12.8 Å². The molecule has 1 saturated carbocycles. The molecule has 5 nitrogen and oxygen atoms in total. The fraction of sp³-hybridized carbons (Fsp3) is 0.818. The maximum Gasteiger partial charge on any atom is 0.323 e. The molecule has 2 atom stereocenters. The van der Waals surface area contributed by atoms with Crippen LogP contribution in [0.4, 0.5) is 0 Å². The molecular weight excluding hydrogens is 208 g/mol. The van der Waals surface area contributed by atoms with Gasteiger partial charge in [-0.1, -0.05) is 0 Å². The molecule has 2 N–H and O–H groups in total. The van der Waals surface area contributed by atoms with Gasteiger partial charge < -0.3 is 15.4 Å². The van der Waals surface area contributed by atoms with Crippen LogP contribution in [0.2, 0.25) is 0 Å². The Balaban J connectivity index is 1.74. The molecule has 2 aliphatic rings. The second-order valence-corrected chi connectivity index (χ2v) is 4.43. The number of amides is 1. The van der Waals surface area contributed by atoms with Crippen molar-refractivity contribution in [1.82, 2.24) is 10.6 Å². The first-order chi connectivity index (χ1) is 7.70. The topological polar surface area (TPSA) is 67.4 Å². The van der Waals surface area contributed by atoms with Crippen LogP contribution in [0.15, 0.2) is 0 Å². The Hall–Kier alpha value is -1.10. The van der Waals surface area contributed by atoms with Gasteiger partial charge in [-0.2, -0.15) is 0 Å². The van der Waals surface area contributed by atoms with Crippen LogP contribution in [0.3, 0.4) is 0 Å². The number of ether oxygens (including phenoxy) is 1. The van der Waals surface area contributed by atoms with Gasteiger partial charge in [-0.05, 0) is 26.2 Å². The maximum absolute atomic E-state index is 11.5. The molecule has 2 fully saturated rings. The summed E-state index contributed by atoms with van der Waals surface area (Å²) in [4.78, 5) is 22.9. The van der Waals surface area contributed by atoms with E-state index in [9.17, 15) is 9.59 Å². The Morgan fingerprint density at radius 2 is 2.19 bits per heavy atom. The largest absolute Gasteiger partial charge is 0.465 e. The molecule has 0 aromatic carbocycles. The summed E-state index contributed by atoms with van der Waals surface area (Å²) in [5, 5.41) is 6.03. The van der Waals surface area contributed by atoms with E-state index in [1.54, 1.807) is 6.92 Å². The summed E-state index contributed by atoms with van der Waals surface area (Å²) in [7, 11) is 0. The summed E-state index contributed by atoms with van der Waals surface area (Å²) < 4.78 is 4.92. The summed E-state index contributed by atoms with van der Waals surface area (Å²) in [5.41, 5.74) is 0. The molecule has 1 amide bonds. The minimum absolute atomic E-state index is 0.0718. The maximum atomic E-state index is 11.5. The van der Waals surface area contributed by atoms with Crippen LogP contribution in [-0.4, -0.2) is 37.1 Å². The molecule has 0 radical (unpaired) electrons.